The second-order valence-corrected chi connectivity index (χ2v) is 4.08. The predicted molar refractivity (Wildman–Crippen MR) is 74.3 cm³/mol. The average molecular weight is 260 g/mol. The molecule has 19 heavy (non-hydrogen) atoms. The Morgan fingerprint density at radius 1 is 1.37 bits per heavy atom. The van der Waals surface area contributed by atoms with Gasteiger partial charge in [0.25, 0.3) is 5.56 Å². The van der Waals surface area contributed by atoms with Crippen molar-refractivity contribution in [2.75, 3.05) is 18.5 Å². The lowest BCUT2D eigenvalue weighted by Crippen LogP contribution is -2.15. The van der Waals surface area contributed by atoms with E-state index in [9.17, 15) is 9.59 Å². The molecule has 1 aromatic heterocycles. The van der Waals surface area contributed by atoms with Crippen molar-refractivity contribution in [1.82, 2.24) is 4.98 Å². The summed E-state index contributed by atoms with van der Waals surface area (Å²) in [7, 11) is 0. The molecule has 0 bridgehead atoms. The van der Waals surface area contributed by atoms with Gasteiger partial charge in [0, 0.05) is 11.9 Å². The molecule has 5 heteroatoms. The van der Waals surface area contributed by atoms with E-state index >= 15 is 0 Å². The zero-order valence-corrected chi connectivity index (χ0v) is 10.7. The van der Waals surface area contributed by atoms with Crippen molar-refractivity contribution in [3.05, 3.63) is 40.7 Å². The molecule has 0 saturated heterocycles. The summed E-state index contributed by atoms with van der Waals surface area (Å²) in [6, 6.07) is 9.20. The lowest BCUT2D eigenvalue weighted by molar-refractivity contribution is -0.142. The maximum absolute atomic E-state index is 11.8. The van der Waals surface area contributed by atoms with Crippen LogP contribution in [0.5, 0.6) is 0 Å². The molecule has 0 aliphatic heterocycles. The number of pyridine rings is 1. The monoisotopic (exact) mass is 260 g/mol. The van der Waals surface area contributed by atoms with E-state index in [0.29, 0.717) is 24.4 Å². The van der Waals surface area contributed by atoms with Gasteiger partial charge in [-0.25, -0.2) is 0 Å². The van der Waals surface area contributed by atoms with Crippen LogP contribution in [0.15, 0.2) is 35.1 Å². The van der Waals surface area contributed by atoms with Crippen LogP contribution in [0.4, 0.5) is 5.82 Å². The smallest absolute Gasteiger partial charge is 0.307 e. The maximum Gasteiger partial charge on any atom is 0.307 e. The number of hydrogen-bond acceptors (Lipinski definition) is 4. The topological polar surface area (TPSA) is 71.2 Å². The Balaban J connectivity index is 2.05. The predicted octanol–water partition coefficient (Wildman–Crippen LogP) is 1.89. The minimum Gasteiger partial charge on any atom is -0.466 e. The molecule has 0 aliphatic carbocycles. The molecule has 0 fully saturated rings. The first kappa shape index (κ1) is 13.1. The minimum absolute atomic E-state index is 0.142. The van der Waals surface area contributed by atoms with E-state index in [-0.39, 0.29) is 17.9 Å². The van der Waals surface area contributed by atoms with E-state index in [2.05, 4.69) is 10.3 Å². The zero-order valence-electron chi connectivity index (χ0n) is 10.7. The Bertz CT molecular complexity index is 634. The van der Waals surface area contributed by atoms with Gasteiger partial charge in [-0.1, -0.05) is 18.2 Å². The Morgan fingerprint density at radius 3 is 2.95 bits per heavy atom. The lowest BCUT2D eigenvalue weighted by Gasteiger charge is -2.07. The van der Waals surface area contributed by atoms with Gasteiger partial charge in [-0.2, -0.15) is 0 Å². The lowest BCUT2D eigenvalue weighted by atomic mass is 10.2. The highest BCUT2D eigenvalue weighted by Crippen LogP contribution is 2.12. The Labute approximate surface area is 110 Å². The van der Waals surface area contributed by atoms with Crippen LogP contribution in [0, 0.1) is 0 Å². The summed E-state index contributed by atoms with van der Waals surface area (Å²) in [5, 5.41) is 4.53. The van der Waals surface area contributed by atoms with Crippen LogP contribution in [-0.2, 0) is 9.53 Å². The van der Waals surface area contributed by atoms with E-state index in [1.165, 1.54) is 0 Å². The van der Waals surface area contributed by atoms with Crippen molar-refractivity contribution >= 4 is 22.6 Å². The van der Waals surface area contributed by atoms with Crippen molar-refractivity contribution in [1.29, 1.82) is 0 Å². The van der Waals surface area contributed by atoms with Crippen LogP contribution < -0.4 is 10.9 Å². The Morgan fingerprint density at radius 2 is 2.16 bits per heavy atom. The molecule has 0 saturated carbocycles. The fourth-order valence-electron chi connectivity index (χ4n) is 1.84. The minimum atomic E-state index is -0.252. The maximum atomic E-state index is 11.8. The third-order valence-corrected chi connectivity index (χ3v) is 2.70. The molecule has 0 amide bonds. The number of rotatable bonds is 5. The summed E-state index contributed by atoms with van der Waals surface area (Å²) in [6.07, 6.45) is 0.267. The third kappa shape index (κ3) is 3.34. The quantitative estimate of drug-likeness (QED) is 0.805. The van der Waals surface area contributed by atoms with Crippen molar-refractivity contribution in [3.63, 3.8) is 0 Å². The summed E-state index contributed by atoms with van der Waals surface area (Å²) >= 11 is 0. The van der Waals surface area contributed by atoms with Crippen LogP contribution in [0.25, 0.3) is 10.8 Å². The number of anilines is 1. The molecule has 100 valence electrons. The first-order chi connectivity index (χ1) is 9.20. The summed E-state index contributed by atoms with van der Waals surface area (Å²) in [5.41, 5.74) is -0.142. The normalized spacial score (nSPS) is 10.4. The molecule has 0 spiro atoms. The number of H-pyrrole nitrogens is 1. The van der Waals surface area contributed by atoms with E-state index in [1.54, 1.807) is 13.0 Å². The summed E-state index contributed by atoms with van der Waals surface area (Å²) < 4.78 is 4.82. The molecule has 0 aliphatic rings. The number of benzene rings is 1. The van der Waals surface area contributed by atoms with Gasteiger partial charge in [-0.15, -0.1) is 0 Å². The molecule has 0 atom stereocenters. The number of aromatic nitrogens is 1. The standard InChI is InChI=1S/C14H16N2O3/c1-2-19-13(17)7-8-15-12-9-10-5-3-4-6-11(10)14(18)16-12/h3-6,9H,2,7-8H2,1H3,(H2,15,16,18). The van der Waals surface area contributed by atoms with Gasteiger partial charge in [0.2, 0.25) is 0 Å². The molecule has 2 rings (SSSR count). The van der Waals surface area contributed by atoms with Gasteiger partial charge < -0.3 is 15.0 Å². The summed E-state index contributed by atoms with van der Waals surface area (Å²) in [4.78, 5) is 25.7. The SMILES string of the molecule is CCOC(=O)CCNc1cc2ccccc2c(=O)[nH]1. The van der Waals surface area contributed by atoms with Gasteiger partial charge in [0.15, 0.2) is 0 Å². The van der Waals surface area contributed by atoms with E-state index in [0.717, 1.165) is 5.39 Å². The molecule has 1 heterocycles. The van der Waals surface area contributed by atoms with Crippen molar-refractivity contribution < 1.29 is 9.53 Å². The number of carbonyl (C=O) groups excluding carboxylic acids is 1. The van der Waals surface area contributed by atoms with Crippen molar-refractivity contribution in [3.8, 4) is 0 Å². The zero-order chi connectivity index (χ0) is 13.7. The Kier molecular flexibility index (Phi) is 4.18. The number of aromatic amines is 1. The number of carbonyl (C=O) groups is 1. The van der Waals surface area contributed by atoms with E-state index in [4.69, 9.17) is 4.74 Å². The fourth-order valence-corrected chi connectivity index (χ4v) is 1.84. The summed E-state index contributed by atoms with van der Waals surface area (Å²) in [5.74, 6) is 0.353. The van der Waals surface area contributed by atoms with Gasteiger partial charge in [0.1, 0.15) is 5.82 Å². The number of esters is 1. The second-order valence-electron chi connectivity index (χ2n) is 4.08. The molecule has 5 nitrogen and oxygen atoms in total. The first-order valence-electron chi connectivity index (χ1n) is 6.22. The van der Waals surface area contributed by atoms with Crippen LogP contribution in [0.3, 0.4) is 0 Å². The second kappa shape index (κ2) is 6.04. The van der Waals surface area contributed by atoms with Crippen molar-refractivity contribution in [2.45, 2.75) is 13.3 Å². The highest BCUT2D eigenvalue weighted by molar-refractivity contribution is 5.83. The van der Waals surface area contributed by atoms with Gasteiger partial charge in [-0.3, -0.25) is 9.59 Å². The van der Waals surface area contributed by atoms with Crippen LogP contribution >= 0.6 is 0 Å². The first-order valence-corrected chi connectivity index (χ1v) is 6.22. The van der Waals surface area contributed by atoms with E-state index in [1.807, 2.05) is 24.3 Å². The van der Waals surface area contributed by atoms with Crippen molar-refractivity contribution in [2.24, 2.45) is 0 Å². The molecule has 0 radical (unpaired) electrons. The van der Waals surface area contributed by atoms with E-state index < -0.39 is 0 Å². The highest BCUT2D eigenvalue weighted by Gasteiger charge is 2.03. The molecular weight excluding hydrogens is 244 g/mol. The number of fused-ring (bicyclic) bond motifs is 1. The number of hydrogen-bond donors (Lipinski definition) is 2. The van der Waals surface area contributed by atoms with Gasteiger partial charge in [-0.05, 0) is 24.4 Å². The van der Waals surface area contributed by atoms with Crippen LogP contribution in [0.2, 0.25) is 0 Å². The summed E-state index contributed by atoms with van der Waals surface area (Å²) in [6.45, 7) is 2.57. The number of nitrogens with one attached hydrogen (secondary N) is 2. The molecule has 2 N–H and O–H groups in total. The fraction of sp³-hybridized carbons (Fsp3) is 0.286. The molecule has 2 aromatic rings. The average Bonchev–Trinajstić information content (AvgIpc) is 2.39. The highest BCUT2D eigenvalue weighted by atomic mass is 16.5. The molecule has 0 unspecified atom stereocenters. The Hall–Kier alpha value is -2.30. The van der Waals surface area contributed by atoms with Gasteiger partial charge in [0.05, 0.1) is 13.0 Å². The van der Waals surface area contributed by atoms with Gasteiger partial charge >= 0.3 is 5.97 Å². The van der Waals surface area contributed by atoms with Crippen LogP contribution in [-0.4, -0.2) is 24.1 Å². The largest absolute Gasteiger partial charge is 0.466 e. The molecule has 1 aromatic carbocycles. The molecular formula is C14H16N2O3. The third-order valence-electron chi connectivity index (χ3n) is 2.70. The number of ether oxygens (including phenoxy) is 1. The van der Waals surface area contributed by atoms with Crippen LogP contribution in [0.1, 0.15) is 13.3 Å².